The molecule has 8 heteroatoms. The summed E-state index contributed by atoms with van der Waals surface area (Å²) in [7, 11) is 1.49. The highest BCUT2D eigenvalue weighted by atomic mass is 31.2. The van der Waals surface area contributed by atoms with Crippen LogP contribution in [0.2, 0.25) is 0 Å². The normalized spacial score (nSPS) is 14.5. The van der Waals surface area contributed by atoms with Gasteiger partial charge < -0.3 is 18.1 Å². The van der Waals surface area contributed by atoms with Gasteiger partial charge in [0.15, 0.2) is 8.38 Å². The smallest absolute Gasteiger partial charge is 0.259 e. The molecule has 0 saturated carbocycles. The molecule has 0 rings (SSSR count). The monoisotopic (exact) mass is 394 g/mol. The first kappa shape index (κ1) is 25.1. The third-order valence-corrected chi connectivity index (χ3v) is 7.28. The molecule has 0 aromatic rings. The van der Waals surface area contributed by atoms with Crippen LogP contribution < -0.4 is 0 Å². The number of nitrogens with zero attached hydrogens (tertiary/aromatic N) is 2. The van der Waals surface area contributed by atoms with Crippen LogP contribution in [0.3, 0.4) is 0 Å². The number of nitriles is 1. The number of hydrogen-bond acceptors (Lipinski definition) is 6. The van der Waals surface area contributed by atoms with E-state index in [1.165, 1.54) is 0 Å². The van der Waals surface area contributed by atoms with Crippen LogP contribution in [0.25, 0.3) is 0 Å². The van der Waals surface area contributed by atoms with Crippen LogP contribution in [-0.2, 0) is 18.1 Å². The van der Waals surface area contributed by atoms with E-state index in [4.69, 9.17) is 23.4 Å². The fraction of sp³-hybridized carbons (Fsp3) is 0.941. The zero-order valence-electron chi connectivity index (χ0n) is 16.9. The molecule has 2 atom stereocenters. The first-order chi connectivity index (χ1) is 11.9. The minimum atomic E-state index is -1.16. The molecule has 25 heavy (non-hydrogen) atoms. The Hall–Kier alpha value is 0.150. The molecular formula is C17H36N2O4P2. The Kier molecular flexibility index (Phi) is 15.3. The van der Waals surface area contributed by atoms with E-state index < -0.39 is 16.9 Å². The summed E-state index contributed by atoms with van der Waals surface area (Å²) in [5, 5.41) is 8.75. The highest BCUT2D eigenvalue weighted by Gasteiger charge is 2.28. The molecular weight excluding hydrogens is 358 g/mol. The van der Waals surface area contributed by atoms with Crippen molar-refractivity contribution in [2.75, 3.05) is 27.0 Å². The third-order valence-electron chi connectivity index (χ3n) is 3.54. The van der Waals surface area contributed by atoms with Crippen molar-refractivity contribution in [2.45, 2.75) is 78.5 Å². The largest absolute Gasteiger partial charge is 0.337 e. The second-order valence-electron chi connectivity index (χ2n) is 6.38. The lowest BCUT2D eigenvalue weighted by atomic mass is 10.2. The predicted molar refractivity (Wildman–Crippen MR) is 105 cm³/mol. The number of unbranched alkanes of at least 4 members (excludes halogenated alkanes) is 1. The van der Waals surface area contributed by atoms with E-state index in [9.17, 15) is 0 Å². The summed E-state index contributed by atoms with van der Waals surface area (Å²) in [6.07, 6.45) is 4.56. The van der Waals surface area contributed by atoms with Gasteiger partial charge >= 0.3 is 0 Å². The third kappa shape index (κ3) is 11.5. The SMILES string of the molecule is COP(CCCCC(C)OP(OCCC#N)N(C(C)C)C(C)C)OC. The Balaban J connectivity index is 4.48. The predicted octanol–water partition coefficient (Wildman–Crippen LogP) is 5.44. The Labute approximate surface area is 157 Å². The van der Waals surface area contributed by atoms with Crippen molar-refractivity contribution in [3.05, 3.63) is 0 Å². The molecule has 0 N–H and O–H groups in total. The van der Waals surface area contributed by atoms with Gasteiger partial charge in [0.25, 0.3) is 8.53 Å². The molecule has 2 unspecified atom stereocenters. The van der Waals surface area contributed by atoms with Crippen molar-refractivity contribution < 1.29 is 18.1 Å². The van der Waals surface area contributed by atoms with E-state index in [2.05, 4.69) is 45.4 Å². The Morgan fingerprint density at radius 1 is 1.00 bits per heavy atom. The molecule has 0 amide bonds. The summed E-state index contributed by atoms with van der Waals surface area (Å²) in [4.78, 5) is 0. The highest BCUT2D eigenvalue weighted by Crippen LogP contribution is 2.47. The molecule has 0 heterocycles. The summed E-state index contributed by atoms with van der Waals surface area (Å²) in [6, 6.07) is 2.78. The zero-order chi connectivity index (χ0) is 19.2. The first-order valence-corrected chi connectivity index (χ1v) is 11.5. The van der Waals surface area contributed by atoms with E-state index in [0.717, 1.165) is 25.4 Å². The van der Waals surface area contributed by atoms with Gasteiger partial charge in [-0.1, -0.05) is 6.42 Å². The van der Waals surface area contributed by atoms with Crippen LogP contribution in [0, 0.1) is 11.3 Å². The van der Waals surface area contributed by atoms with Crippen LogP contribution in [-0.4, -0.2) is 49.8 Å². The number of hydrogen-bond donors (Lipinski definition) is 0. The molecule has 6 nitrogen and oxygen atoms in total. The summed E-state index contributed by atoms with van der Waals surface area (Å²) in [5.41, 5.74) is 0. The second kappa shape index (κ2) is 15.2. The lowest BCUT2D eigenvalue weighted by molar-refractivity contribution is 0.135. The van der Waals surface area contributed by atoms with Gasteiger partial charge in [0.1, 0.15) is 0 Å². The summed E-state index contributed by atoms with van der Waals surface area (Å²) in [6.45, 7) is 11.1. The lowest BCUT2D eigenvalue weighted by Crippen LogP contribution is -2.34. The van der Waals surface area contributed by atoms with Crippen LogP contribution in [0.5, 0.6) is 0 Å². The average molecular weight is 394 g/mol. The van der Waals surface area contributed by atoms with Crippen molar-refractivity contribution in [1.29, 1.82) is 5.26 Å². The molecule has 0 aliphatic heterocycles. The molecule has 0 aliphatic rings. The van der Waals surface area contributed by atoms with Gasteiger partial charge in [-0.05, 0) is 47.5 Å². The molecule has 0 aromatic carbocycles. The second-order valence-corrected chi connectivity index (χ2v) is 9.63. The minimum absolute atomic E-state index is 0.115. The summed E-state index contributed by atoms with van der Waals surface area (Å²) >= 11 is 0. The van der Waals surface area contributed by atoms with E-state index in [1.54, 1.807) is 14.2 Å². The van der Waals surface area contributed by atoms with E-state index in [-0.39, 0.29) is 6.10 Å². The van der Waals surface area contributed by atoms with Crippen molar-refractivity contribution in [2.24, 2.45) is 0 Å². The molecule has 0 bridgehead atoms. The van der Waals surface area contributed by atoms with Crippen molar-refractivity contribution in [3.8, 4) is 6.07 Å². The molecule has 0 radical (unpaired) electrons. The zero-order valence-corrected chi connectivity index (χ0v) is 18.7. The maximum atomic E-state index is 8.75. The van der Waals surface area contributed by atoms with Crippen molar-refractivity contribution in [3.63, 3.8) is 0 Å². The topological polar surface area (TPSA) is 64.0 Å². The van der Waals surface area contributed by atoms with Gasteiger partial charge in [0.2, 0.25) is 0 Å². The quantitative estimate of drug-likeness (QED) is 0.272. The van der Waals surface area contributed by atoms with Crippen LogP contribution in [0.15, 0.2) is 0 Å². The van der Waals surface area contributed by atoms with E-state index >= 15 is 0 Å². The maximum absolute atomic E-state index is 8.75. The molecule has 0 aliphatic carbocycles. The fourth-order valence-electron chi connectivity index (χ4n) is 2.43. The molecule has 0 saturated heterocycles. The van der Waals surface area contributed by atoms with Gasteiger partial charge in [-0.2, -0.15) is 5.26 Å². The highest BCUT2D eigenvalue weighted by molar-refractivity contribution is 7.47. The Bertz CT molecular complexity index is 355. The molecule has 0 fully saturated rings. The molecule has 0 spiro atoms. The van der Waals surface area contributed by atoms with Gasteiger partial charge in [-0.25, -0.2) is 4.67 Å². The van der Waals surface area contributed by atoms with E-state index in [0.29, 0.717) is 25.1 Å². The van der Waals surface area contributed by atoms with Crippen LogP contribution in [0.1, 0.15) is 60.3 Å². The fourth-order valence-corrected chi connectivity index (χ4v) is 5.14. The minimum Gasteiger partial charge on any atom is -0.337 e. The van der Waals surface area contributed by atoms with Crippen LogP contribution in [0.4, 0.5) is 0 Å². The lowest BCUT2D eigenvalue weighted by Gasteiger charge is -2.36. The van der Waals surface area contributed by atoms with Gasteiger partial charge in [-0.15, -0.1) is 0 Å². The summed E-state index contributed by atoms with van der Waals surface area (Å²) in [5.74, 6) is 0. The standard InChI is InChI=1S/C17H36N2O4P2/c1-15(2)19(16(3)4)25(22-13-10-12-18)23-17(5)11-8-9-14-24(20-6)21-7/h15-17H,8-11,13-14H2,1-7H3. The van der Waals surface area contributed by atoms with E-state index in [1.807, 2.05) is 0 Å². The number of rotatable bonds is 15. The summed E-state index contributed by atoms with van der Waals surface area (Å²) < 4.78 is 25.0. The van der Waals surface area contributed by atoms with Crippen molar-refractivity contribution in [1.82, 2.24) is 4.67 Å². The van der Waals surface area contributed by atoms with Crippen LogP contribution >= 0.6 is 16.9 Å². The molecule has 148 valence electrons. The Morgan fingerprint density at radius 2 is 1.60 bits per heavy atom. The van der Waals surface area contributed by atoms with Gasteiger partial charge in [0.05, 0.1) is 25.2 Å². The first-order valence-electron chi connectivity index (χ1n) is 8.98. The maximum Gasteiger partial charge on any atom is 0.259 e. The Morgan fingerprint density at radius 3 is 2.08 bits per heavy atom. The van der Waals surface area contributed by atoms with Gasteiger partial charge in [-0.3, -0.25) is 0 Å². The average Bonchev–Trinajstić information content (AvgIpc) is 2.54. The molecule has 0 aromatic heterocycles. The van der Waals surface area contributed by atoms with Crippen molar-refractivity contribution >= 4 is 16.9 Å². The van der Waals surface area contributed by atoms with Gasteiger partial charge in [0, 0.05) is 32.5 Å².